The fourth-order valence-corrected chi connectivity index (χ4v) is 1.42. The van der Waals surface area contributed by atoms with Crippen molar-refractivity contribution in [3.8, 4) is 5.75 Å². The summed E-state index contributed by atoms with van der Waals surface area (Å²) in [6, 6.07) is 4.08. The van der Waals surface area contributed by atoms with Gasteiger partial charge in [-0.05, 0) is 26.0 Å². The van der Waals surface area contributed by atoms with Gasteiger partial charge in [0.15, 0.2) is 0 Å². The average molecular weight is 247 g/mol. The van der Waals surface area contributed by atoms with Crippen LogP contribution in [0.1, 0.15) is 19.4 Å². The first-order valence-corrected chi connectivity index (χ1v) is 5.12. The topological polar surface area (TPSA) is 46.5 Å². The zero-order valence-corrected chi connectivity index (χ0v) is 9.71. The molecule has 0 aromatic heterocycles. The highest BCUT2D eigenvalue weighted by atomic mass is 35.5. The second-order valence-corrected chi connectivity index (χ2v) is 3.79. The lowest BCUT2D eigenvalue weighted by molar-refractivity contribution is -0.150. The Bertz CT molecular complexity index is 404. The fraction of sp³-hybridized carbons (Fsp3) is 0.364. The Labute approximate surface area is 97.8 Å². The van der Waals surface area contributed by atoms with E-state index < -0.39 is 11.6 Å². The first kappa shape index (κ1) is 12.8. The van der Waals surface area contributed by atoms with Crippen molar-refractivity contribution in [2.45, 2.75) is 19.5 Å². The van der Waals surface area contributed by atoms with E-state index in [0.29, 0.717) is 12.4 Å². The Balaban J connectivity index is 3.10. The molecule has 16 heavy (non-hydrogen) atoms. The number of carbonyl (C=O) groups is 1. The molecule has 1 unspecified atom stereocenters. The standard InChI is InChI=1S/C11H12ClFO3/c1-3-16-9-5-4-7(6-8(9)12)11(2,13)10(14)15/h4-6H,3H2,1-2H3,(H,14,15). The number of halogens is 2. The van der Waals surface area contributed by atoms with E-state index in [9.17, 15) is 9.18 Å². The van der Waals surface area contributed by atoms with Gasteiger partial charge in [0, 0.05) is 5.56 Å². The van der Waals surface area contributed by atoms with Crippen molar-refractivity contribution in [2.24, 2.45) is 0 Å². The van der Waals surface area contributed by atoms with Gasteiger partial charge in [-0.15, -0.1) is 0 Å². The van der Waals surface area contributed by atoms with Crippen LogP contribution in [0.15, 0.2) is 18.2 Å². The number of hydrogen-bond acceptors (Lipinski definition) is 2. The molecule has 0 radical (unpaired) electrons. The highest BCUT2D eigenvalue weighted by molar-refractivity contribution is 6.32. The molecule has 1 atom stereocenters. The zero-order valence-electron chi connectivity index (χ0n) is 8.96. The third-order valence-electron chi connectivity index (χ3n) is 2.18. The van der Waals surface area contributed by atoms with Gasteiger partial charge in [-0.2, -0.15) is 0 Å². The van der Waals surface area contributed by atoms with Crippen LogP contribution in [0, 0.1) is 0 Å². The molecule has 3 nitrogen and oxygen atoms in total. The van der Waals surface area contributed by atoms with E-state index >= 15 is 0 Å². The Morgan fingerprint density at radius 2 is 2.25 bits per heavy atom. The summed E-state index contributed by atoms with van der Waals surface area (Å²) in [6.07, 6.45) is 0. The van der Waals surface area contributed by atoms with Crippen LogP contribution in [0.5, 0.6) is 5.75 Å². The van der Waals surface area contributed by atoms with Crippen LogP contribution >= 0.6 is 11.6 Å². The maximum absolute atomic E-state index is 13.7. The number of rotatable bonds is 4. The number of carboxylic acids is 1. The van der Waals surface area contributed by atoms with Gasteiger partial charge in [0.05, 0.1) is 11.6 Å². The molecular formula is C11H12ClFO3. The summed E-state index contributed by atoms with van der Waals surface area (Å²) in [5, 5.41) is 8.91. The summed E-state index contributed by atoms with van der Waals surface area (Å²) in [6.45, 7) is 3.20. The van der Waals surface area contributed by atoms with Crippen molar-refractivity contribution in [2.75, 3.05) is 6.61 Å². The normalized spacial score (nSPS) is 14.2. The van der Waals surface area contributed by atoms with E-state index in [1.54, 1.807) is 6.92 Å². The minimum absolute atomic E-state index is 0.00606. The molecule has 0 spiro atoms. The van der Waals surface area contributed by atoms with Crippen molar-refractivity contribution in [3.05, 3.63) is 28.8 Å². The molecule has 1 aromatic carbocycles. The molecule has 0 saturated heterocycles. The summed E-state index contributed by atoms with van der Waals surface area (Å²) in [7, 11) is 0. The largest absolute Gasteiger partial charge is 0.492 e. The van der Waals surface area contributed by atoms with Crippen LogP contribution in [0.2, 0.25) is 5.02 Å². The minimum atomic E-state index is -2.45. The summed E-state index contributed by atoms with van der Waals surface area (Å²) < 4.78 is 18.9. The maximum atomic E-state index is 13.7. The van der Waals surface area contributed by atoms with E-state index in [2.05, 4.69) is 0 Å². The molecule has 5 heteroatoms. The average Bonchev–Trinajstić information content (AvgIpc) is 2.21. The highest BCUT2D eigenvalue weighted by Crippen LogP contribution is 2.32. The first-order valence-electron chi connectivity index (χ1n) is 4.74. The number of ether oxygens (including phenoxy) is 1. The van der Waals surface area contributed by atoms with E-state index in [4.69, 9.17) is 21.4 Å². The number of aliphatic carboxylic acids is 1. The summed E-state index contributed by atoms with van der Waals surface area (Å²) >= 11 is 5.83. The number of benzene rings is 1. The lowest BCUT2D eigenvalue weighted by atomic mass is 9.98. The molecule has 0 aliphatic rings. The van der Waals surface area contributed by atoms with Crippen molar-refractivity contribution in [1.82, 2.24) is 0 Å². The summed E-state index contributed by atoms with van der Waals surface area (Å²) in [5.41, 5.74) is -2.46. The Morgan fingerprint density at radius 3 is 2.69 bits per heavy atom. The van der Waals surface area contributed by atoms with Crippen LogP contribution in [-0.4, -0.2) is 17.7 Å². The predicted octanol–water partition coefficient (Wildman–Crippen LogP) is 3.01. The van der Waals surface area contributed by atoms with Crippen LogP contribution in [0.4, 0.5) is 4.39 Å². The zero-order chi connectivity index (χ0) is 12.3. The molecule has 1 rings (SSSR count). The second kappa shape index (κ2) is 4.70. The van der Waals surface area contributed by atoms with Crippen molar-refractivity contribution < 1.29 is 19.0 Å². The summed E-state index contributed by atoms with van der Waals surface area (Å²) in [5.74, 6) is -1.14. The molecule has 1 N–H and O–H groups in total. The number of alkyl halides is 1. The van der Waals surface area contributed by atoms with Crippen LogP contribution < -0.4 is 4.74 Å². The van der Waals surface area contributed by atoms with Gasteiger partial charge in [-0.3, -0.25) is 0 Å². The van der Waals surface area contributed by atoms with E-state index in [-0.39, 0.29) is 10.6 Å². The van der Waals surface area contributed by atoms with Crippen LogP contribution in [0.3, 0.4) is 0 Å². The lowest BCUT2D eigenvalue weighted by Crippen LogP contribution is -2.26. The molecule has 0 bridgehead atoms. The predicted molar refractivity (Wildman–Crippen MR) is 58.7 cm³/mol. The Hall–Kier alpha value is -1.29. The van der Waals surface area contributed by atoms with Crippen molar-refractivity contribution in [1.29, 1.82) is 0 Å². The maximum Gasteiger partial charge on any atom is 0.345 e. The molecule has 0 heterocycles. The third kappa shape index (κ3) is 2.44. The van der Waals surface area contributed by atoms with Crippen molar-refractivity contribution >= 4 is 17.6 Å². The first-order chi connectivity index (χ1) is 7.39. The Kier molecular flexibility index (Phi) is 3.75. The Morgan fingerprint density at radius 1 is 1.62 bits per heavy atom. The van der Waals surface area contributed by atoms with Gasteiger partial charge in [0.2, 0.25) is 5.67 Å². The number of carboxylic acid groups (broad SMARTS) is 1. The molecule has 0 amide bonds. The van der Waals surface area contributed by atoms with Gasteiger partial charge in [-0.25, -0.2) is 9.18 Å². The van der Waals surface area contributed by atoms with Gasteiger partial charge in [0.1, 0.15) is 5.75 Å². The quantitative estimate of drug-likeness (QED) is 0.888. The molecule has 0 aliphatic carbocycles. The van der Waals surface area contributed by atoms with Crippen LogP contribution in [0.25, 0.3) is 0 Å². The lowest BCUT2D eigenvalue weighted by Gasteiger charge is -2.16. The van der Waals surface area contributed by atoms with E-state index in [1.165, 1.54) is 18.2 Å². The van der Waals surface area contributed by atoms with Gasteiger partial charge in [-0.1, -0.05) is 17.7 Å². The van der Waals surface area contributed by atoms with E-state index in [1.807, 2.05) is 0 Å². The van der Waals surface area contributed by atoms with Crippen LogP contribution in [-0.2, 0) is 10.5 Å². The van der Waals surface area contributed by atoms with Gasteiger partial charge in [0.25, 0.3) is 0 Å². The van der Waals surface area contributed by atoms with Crippen molar-refractivity contribution in [3.63, 3.8) is 0 Å². The number of hydrogen-bond donors (Lipinski definition) is 1. The molecule has 0 saturated carbocycles. The minimum Gasteiger partial charge on any atom is -0.492 e. The van der Waals surface area contributed by atoms with E-state index in [0.717, 1.165) is 6.92 Å². The second-order valence-electron chi connectivity index (χ2n) is 3.39. The van der Waals surface area contributed by atoms with Gasteiger partial charge < -0.3 is 9.84 Å². The highest BCUT2D eigenvalue weighted by Gasteiger charge is 2.35. The van der Waals surface area contributed by atoms with Gasteiger partial charge >= 0.3 is 5.97 Å². The summed E-state index contributed by atoms with van der Waals surface area (Å²) in [4.78, 5) is 10.7. The third-order valence-corrected chi connectivity index (χ3v) is 2.47. The molecule has 0 fully saturated rings. The molecule has 1 aromatic rings. The smallest absolute Gasteiger partial charge is 0.345 e. The molecular weight excluding hydrogens is 235 g/mol. The molecule has 0 aliphatic heterocycles. The molecule has 88 valence electrons. The SMILES string of the molecule is CCOc1ccc(C(C)(F)C(=O)O)cc1Cl. The monoisotopic (exact) mass is 246 g/mol. The fourth-order valence-electron chi connectivity index (χ4n) is 1.19.